The van der Waals surface area contributed by atoms with Crippen molar-refractivity contribution in [3.8, 4) is 0 Å². The first kappa shape index (κ1) is 11.8. The fourth-order valence-electron chi connectivity index (χ4n) is 2.38. The van der Waals surface area contributed by atoms with E-state index in [1.54, 1.807) is 0 Å². The molecule has 2 unspecified atom stereocenters. The van der Waals surface area contributed by atoms with Gasteiger partial charge in [0.25, 0.3) is 0 Å². The Hall–Kier alpha value is -0.640. The van der Waals surface area contributed by atoms with E-state index < -0.39 is 0 Å². The molecule has 0 amide bonds. The first-order valence-electron chi connectivity index (χ1n) is 6.14. The van der Waals surface area contributed by atoms with Crippen LogP contribution in [0, 0.1) is 0 Å². The van der Waals surface area contributed by atoms with Crippen LogP contribution < -0.4 is 5.32 Å². The molecule has 2 atom stereocenters. The topological polar surface area (TPSA) is 29.9 Å². The minimum atomic E-state index is 0.610. The maximum absolute atomic E-state index is 4.38. The molecule has 1 heterocycles. The van der Waals surface area contributed by atoms with E-state index >= 15 is 0 Å². The molecular formula is C12H21N3S. The van der Waals surface area contributed by atoms with Crippen LogP contribution in [0.15, 0.2) is 12.4 Å². The van der Waals surface area contributed by atoms with Crippen molar-refractivity contribution in [3.63, 3.8) is 0 Å². The van der Waals surface area contributed by atoms with Crippen molar-refractivity contribution in [2.75, 3.05) is 11.6 Å². The highest BCUT2D eigenvalue weighted by molar-refractivity contribution is 7.99. The van der Waals surface area contributed by atoms with Gasteiger partial charge in [-0.1, -0.05) is 6.42 Å². The number of rotatable bonds is 4. The van der Waals surface area contributed by atoms with Crippen LogP contribution in [0.2, 0.25) is 0 Å². The van der Waals surface area contributed by atoms with Gasteiger partial charge in [-0.25, -0.2) is 4.98 Å². The SMILES string of the molecule is CCn1ccnc1NC1CCCC(SC)C1. The van der Waals surface area contributed by atoms with E-state index in [2.05, 4.69) is 28.0 Å². The van der Waals surface area contributed by atoms with Crippen LogP contribution >= 0.6 is 11.8 Å². The summed E-state index contributed by atoms with van der Waals surface area (Å²) in [5.74, 6) is 1.04. The minimum Gasteiger partial charge on any atom is -0.353 e. The molecule has 3 nitrogen and oxygen atoms in total. The number of aromatic nitrogens is 2. The summed E-state index contributed by atoms with van der Waals surface area (Å²) >= 11 is 2.00. The van der Waals surface area contributed by atoms with E-state index in [-0.39, 0.29) is 0 Å². The van der Waals surface area contributed by atoms with E-state index in [0.717, 1.165) is 17.7 Å². The van der Waals surface area contributed by atoms with Crippen LogP contribution in [0.3, 0.4) is 0 Å². The first-order chi connectivity index (χ1) is 7.83. The molecule has 2 rings (SSSR count). The van der Waals surface area contributed by atoms with E-state index in [0.29, 0.717) is 6.04 Å². The van der Waals surface area contributed by atoms with Gasteiger partial charge >= 0.3 is 0 Å². The Morgan fingerprint density at radius 3 is 3.19 bits per heavy atom. The Morgan fingerprint density at radius 1 is 1.56 bits per heavy atom. The molecule has 90 valence electrons. The number of anilines is 1. The number of aryl methyl sites for hydroxylation is 1. The molecule has 0 aromatic carbocycles. The van der Waals surface area contributed by atoms with Gasteiger partial charge in [0.05, 0.1) is 0 Å². The van der Waals surface area contributed by atoms with Crippen molar-refractivity contribution in [2.45, 2.75) is 50.4 Å². The number of hydrogen-bond acceptors (Lipinski definition) is 3. The smallest absolute Gasteiger partial charge is 0.202 e. The Balaban J connectivity index is 1.93. The van der Waals surface area contributed by atoms with E-state index in [4.69, 9.17) is 0 Å². The molecule has 0 bridgehead atoms. The average Bonchev–Trinajstić information content (AvgIpc) is 2.76. The zero-order chi connectivity index (χ0) is 11.4. The number of nitrogens with zero attached hydrogens (tertiary/aromatic N) is 2. The van der Waals surface area contributed by atoms with Crippen LogP contribution in [-0.4, -0.2) is 27.1 Å². The summed E-state index contributed by atoms with van der Waals surface area (Å²) in [5.41, 5.74) is 0. The van der Waals surface area contributed by atoms with Gasteiger partial charge in [0.1, 0.15) is 0 Å². The van der Waals surface area contributed by atoms with Crippen LogP contribution in [0.25, 0.3) is 0 Å². The molecule has 1 aliphatic rings. The van der Waals surface area contributed by atoms with Gasteiger partial charge < -0.3 is 9.88 Å². The predicted molar refractivity (Wildman–Crippen MR) is 71.1 cm³/mol. The summed E-state index contributed by atoms with van der Waals surface area (Å²) in [6.45, 7) is 3.14. The summed E-state index contributed by atoms with van der Waals surface area (Å²) in [4.78, 5) is 4.38. The standard InChI is InChI=1S/C12H21N3S/c1-3-15-8-7-13-12(15)14-10-5-4-6-11(9-10)16-2/h7-8,10-11H,3-6,9H2,1-2H3,(H,13,14). The van der Waals surface area contributed by atoms with Gasteiger partial charge in [0, 0.05) is 30.2 Å². The largest absolute Gasteiger partial charge is 0.353 e. The molecule has 1 aromatic rings. The number of nitrogens with one attached hydrogen (secondary N) is 1. The fraction of sp³-hybridized carbons (Fsp3) is 0.750. The van der Waals surface area contributed by atoms with Gasteiger partial charge in [0.15, 0.2) is 0 Å². The summed E-state index contributed by atoms with van der Waals surface area (Å²) in [6, 6.07) is 0.610. The molecule has 1 aromatic heterocycles. The third-order valence-electron chi connectivity index (χ3n) is 3.35. The van der Waals surface area contributed by atoms with Gasteiger partial charge in [-0.15, -0.1) is 0 Å². The summed E-state index contributed by atoms with van der Waals surface area (Å²) in [7, 11) is 0. The van der Waals surface area contributed by atoms with Gasteiger partial charge in [-0.2, -0.15) is 11.8 Å². The molecule has 16 heavy (non-hydrogen) atoms. The monoisotopic (exact) mass is 239 g/mol. The highest BCUT2D eigenvalue weighted by Gasteiger charge is 2.21. The average molecular weight is 239 g/mol. The molecule has 1 N–H and O–H groups in total. The van der Waals surface area contributed by atoms with Gasteiger partial charge in [0.2, 0.25) is 5.95 Å². The molecule has 1 fully saturated rings. The molecule has 4 heteroatoms. The van der Waals surface area contributed by atoms with E-state index in [9.17, 15) is 0 Å². The van der Waals surface area contributed by atoms with Crippen molar-refractivity contribution in [3.05, 3.63) is 12.4 Å². The Morgan fingerprint density at radius 2 is 2.44 bits per heavy atom. The second-order valence-electron chi connectivity index (χ2n) is 4.40. The quantitative estimate of drug-likeness (QED) is 0.876. The zero-order valence-corrected chi connectivity index (χ0v) is 11.0. The van der Waals surface area contributed by atoms with Gasteiger partial charge in [-0.3, -0.25) is 0 Å². The maximum atomic E-state index is 4.38. The second kappa shape index (κ2) is 5.62. The van der Waals surface area contributed by atoms with Crippen molar-refractivity contribution in [1.29, 1.82) is 0 Å². The summed E-state index contributed by atoms with van der Waals surface area (Å²) in [5, 5.41) is 4.41. The lowest BCUT2D eigenvalue weighted by Crippen LogP contribution is -2.29. The Kier molecular flexibility index (Phi) is 4.16. The van der Waals surface area contributed by atoms with Gasteiger partial charge in [-0.05, 0) is 32.4 Å². The maximum Gasteiger partial charge on any atom is 0.202 e. The van der Waals surface area contributed by atoms with Crippen molar-refractivity contribution in [2.24, 2.45) is 0 Å². The molecule has 0 radical (unpaired) electrons. The third-order valence-corrected chi connectivity index (χ3v) is 4.44. The third kappa shape index (κ3) is 2.73. The minimum absolute atomic E-state index is 0.610. The highest BCUT2D eigenvalue weighted by Crippen LogP contribution is 2.28. The number of imidazole rings is 1. The summed E-state index contributed by atoms with van der Waals surface area (Å²) < 4.78 is 2.17. The highest BCUT2D eigenvalue weighted by atomic mass is 32.2. The number of thioether (sulfide) groups is 1. The van der Waals surface area contributed by atoms with E-state index in [1.807, 2.05) is 24.2 Å². The fourth-order valence-corrected chi connectivity index (χ4v) is 3.20. The first-order valence-corrected chi connectivity index (χ1v) is 7.42. The molecule has 1 saturated carbocycles. The molecule has 1 aliphatic carbocycles. The van der Waals surface area contributed by atoms with Crippen LogP contribution in [0.4, 0.5) is 5.95 Å². The van der Waals surface area contributed by atoms with Crippen LogP contribution in [0.5, 0.6) is 0 Å². The zero-order valence-electron chi connectivity index (χ0n) is 10.1. The van der Waals surface area contributed by atoms with E-state index in [1.165, 1.54) is 25.7 Å². The number of hydrogen-bond donors (Lipinski definition) is 1. The molecular weight excluding hydrogens is 218 g/mol. The van der Waals surface area contributed by atoms with Crippen molar-refractivity contribution >= 4 is 17.7 Å². The normalized spacial score (nSPS) is 25.6. The van der Waals surface area contributed by atoms with Crippen molar-refractivity contribution < 1.29 is 0 Å². The lowest BCUT2D eigenvalue weighted by Gasteiger charge is -2.29. The summed E-state index contributed by atoms with van der Waals surface area (Å²) in [6.07, 6.45) is 11.4. The predicted octanol–water partition coefficient (Wildman–Crippen LogP) is 2.99. The molecule has 0 spiro atoms. The Bertz CT molecular complexity index is 324. The Labute approximate surface area is 102 Å². The van der Waals surface area contributed by atoms with Crippen LogP contribution in [-0.2, 0) is 6.54 Å². The molecule has 0 aliphatic heterocycles. The lowest BCUT2D eigenvalue weighted by atomic mass is 9.95. The lowest BCUT2D eigenvalue weighted by molar-refractivity contribution is 0.470. The van der Waals surface area contributed by atoms with Crippen molar-refractivity contribution in [1.82, 2.24) is 9.55 Å². The second-order valence-corrected chi connectivity index (χ2v) is 5.54. The van der Waals surface area contributed by atoms with Crippen LogP contribution in [0.1, 0.15) is 32.6 Å². The molecule has 0 saturated heterocycles.